The van der Waals surface area contributed by atoms with E-state index < -0.39 is 10.0 Å². The van der Waals surface area contributed by atoms with Gasteiger partial charge in [-0.3, -0.25) is 9.52 Å². The second kappa shape index (κ2) is 10.5. The second-order valence-corrected chi connectivity index (χ2v) is 11.3. The quantitative estimate of drug-likeness (QED) is 0.271. The Bertz CT molecular complexity index is 1540. The predicted octanol–water partition coefficient (Wildman–Crippen LogP) is 6.61. The first-order valence-corrected chi connectivity index (χ1v) is 13.8. The number of carbonyl (C=O) groups excluding carboxylic acids is 1. The third kappa shape index (κ3) is 5.91. The minimum Gasteiger partial charge on any atom is -0.367 e. The lowest BCUT2D eigenvalue weighted by atomic mass is 10.1. The van der Waals surface area contributed by atoms with Crippen LogP contribution >= 0.6 is 23.2 Å². The van der Waals surface area contributed by atoms with Crippen LogP contribution in [0.5, 0.6) is 0 Å². The van der Waals surface area contributed by atoms with E-state index in [1.165, 1.54) is 53.7 Å². The standard InChI is InChI=1S/C28H23Cl2N3O3S/c29-22-15-23(30)17-25(16-22)32-37(35,36)26-11-9-24(10-12-26)31-28(34)21-7-5-19(6-8-21)18-33-14-13-20-3-1-2-4-27(20)33/h1-12,15-17,32H,13-14,18H2,(H,31,34). The zero-order valence-corrected chi connectivity index (χ0v) is 21.9. The van der Waals surface area contributed by atoms with E-state index in [0.717, 1.165) is 25.1 Å². The SMILES string of the molecule is O=C(Nc1ccc(S(=O)(=O)Nc2cc(Cl)cc(Cl)c2)cc1)c1ccc(CN2CCc3ccccc32)cc1. The van der Waals surface area contributed by atoms with Crippen LogP contribution in [0, 0.1) is 0 Å². The highest BCUT2D eigenvalue weighted by Gasteiger charge is 2.19. The Morgan fingerprint density at radius 3 is 2.22 bits per heavy atom. The molecule has 37 heavy (non-hydrogen) atoms. The molecule has 5 rings (SSSR count). The number of anilines is 3. The smallest absolute Gasteiger partial charge is 0.261 e. The van der Waals surface area contributed by atoms with Gasteiger partial charge in [-0.2, -0.15) is 0 Å². The molecule has 188 valence electrons. The molecular formula is C28H23Cl2N3O3S. The maximum atomic E-state index is 12.7. The molecule has 6 nitrogen and oxygen atoms in total. The monoisotopic (exact) mass is 551 g/mol. The summed E-state index contributed by atoms with van der Waals surface area (Å²) in [6, 6.07) is 26.3. The Morgan fingerprint density at radius 2 is 1.51 bits per heavy atom. The summed E-state index contributed by atoms with van der Waals surface area (Å²) in [4.78, 5) is 15.1. The molecule has 0 atom stereocenters. The number of halogens is 2. The minimum absolute atomic E-state index is 0.0365. The van der Waals surface area contributed by atoms with Crippen molar-refractivity contribution in [2.45, 2.75) is 17.9 Å². The van der Waals surface area contributed by atoms with Crippen molar-refractivity contribution in [2.75, 3.05) is 21.5 Å². The van der Waals surface area contributed by atoms with E-state index in [0.29, 0.717) is 21.3 Å². The number of fused-ring (bicyclic) bond motifs is 1. The van der Waals surface area contributed by atoms with Crippen molar-refractivity contribution >= 4 is 56.2 Å². The van der Waals surface area contributed by atoms with Crippen LogP contribution in [0.1, 0.15) is 21.5 Å². The van der Waals surface area contributed by atoms with E-state index in [9.17, 15) is 13.2 Å². The Labute approximate surface area is 225 Å². The molecule has 0 saturated carbocycles. The van der Waals surface area contributed by atoms with E-state index in [2.05, 4.69) is 39.2 Å². The summed E-state index contributed by atoms with van der Waals surface area (Å²) in [7, 11) is -3.86. The van der Waals surface area contributed by atoms with Crippen LogP contribution < -0.4 is 14.9 Å². The van der Waals surface area contributed by atoms with Gasteiger partial charge in [0, 0.05) is 40.1 Å². The van der Waals surface area contributed by atoms with E-state index in [-0.39, 0.29) is 16.5 Å². The second-order valence-electron chi connectivity index (χ2n) is 8.74. The van der Waals surface area contributed by atoms with Crippen molar-refractivity contribution in [3.63, 3.8) is 0 Å². The van der Waals surface area contributed by atoms with Crippen molar-refractivity contribution in [3.8, 4) is 0 Å². The van der Waals surface area contributed by atoms with Crippen LogP contribution in [0.15, 0.2) is 95.9 Å². The molecule has 0 unspecified atom stereocenters. The van der Waals surface area contributed by atoms with Crippen LogP contribution in [0.4, 0.5) is 17.1 Å². The third-order valence-corrected chi connectivity index (χ3v) is 7.94. The zero-order valence-electron chi connectivity index (χ0n) is 19.6. The molecule has 2 N–H and O–H groups in total. The van der Waals surface area contributed by atoms with Crippen LogP contribution in [-0.2, 0) is 23.0 Å². The maximum Gasteiger partial charge on any atom is 0.261 e. The van der Waals surface area contributed by atoms with Crippen LogP contribution in [0.25, 0.3) is 0 Å². The van der Waals surface area contributed by atoms with Gasteiger partial charge in [0.15, 0.2) is 0 Å². The van der Waals surface area contributed by atoms with Gasteiger partial charge in [-0.25, -0.2) is 8.42 Å². The van der Waals surface area contributed by atoms with Crippen molar-refractivity contribution in [2.24, 2.45) is 0 Å². The highest BCUT2D eigenvalue weighted by Crippen LogP contribution is 2.29. The summed E-state index contributed by atoms with van der Waals surface area (Å²) >= 11 is 11.9. The van der Waals surface area contributed by atoms with Crippen LogP contribution in [-0.4, -0.2) is 20.9 Å². The summed E-state index contributed by atoms with van der Waals surface area (Å²) in [6.07, 6.45) is 1.04. The number of hydrogen-bond acceptors (Lipinski definition) is 4. The number of sulfonamides is 1. The van der Waals surface area contributed by atoms with Gasteiger partial charge < -0.3 is 10.2 Å². The Kier molecular flexibility index (Phi) is 7.11. The lowest BCUT2D eigenvalue weighted by Crippen LogP contribution is -2.19. The number of benzene rings is 4. The lowest BCUT2D eigenvalue weighted by molar-refractivity contribution is 0.102. The normalized spacial score (nSPS) is 12.8. The van der Waals surface area contributed by atoms with E-state index in [1.54, 1.807) is 12.1 Å². The van der Waals surface area contributed by atoms with Gasteiger partial charge in [-0.05, 0) is 78.2 Å². The Balaban J connectivity index is 1.21. The molecule has 0 spiro atoms. The zero-order chi connectivity index (χ0) is 26.0. The molecule has 0 radical (unpaired) electrons. The average molecular weight is 552 g/mol. The van der Waals surface area contributed by atoms with Gasteiger partial charge in [-0.15, -0.1) is 0 Å². The van der Waals surface area contributed by atoms with Crippen molar-refractivity contribution in [1.29, 1.82) is 0 Å². The van der Waals surface area contributed by atoms with Crippen molar-refractivity contribution < 1.29 is 13.2 Å². The molecule has 0 fully saturated rings. The van der Waals surface area contributed by atoms with Crippen LogP contribution in [0.2, 0.25) is 10.0 Å². The molecule has 9 heteroatoms. The summed E-state index contributed by atoms with van der Waals surface area (Å²) < 4.78 is 27.9. The van der Waals surface area contributed by atoms with Gasteiger partial charge in [0.2, 0.25) is 0 Å². The summed E-state index contributed by atoms with van der Waals surface area (Å²) in [5.74, 6) is -0.277. The summed E-state index contributed by atoms with van der Waals surface area (Å²) in [6.45, 7) is 1.76. The van der Waals surface area contributed by atoms with E-state index in [4.69, 9.17) is 23.2 Å². The Hall–Kier alpha value is -3.52. The number of rotatable bonds is 7. The number of carbonyl (C=O) groups is 1. The Morgan fingerprint density at radius 1 is 0.838 bits per heavy atom. The highest BCUT2D eigenvalue weighted by atomic mass is 35.5. The number of nitrogens with zero attached hydrogens (tertiary/aromatic N) is 1. The number of para-hydroxylation sites is 1. The fourth-order valence-corrected chi connectivity index (χ4v) is 5.87. The molecule has 1 aliphatic rings. The molecule has 0 aromatic heterocycles. The first kappa shape index (κ1) is 25.1. The summed E-state index contributed by atoms with van der Waals surface area (Å²) in [5, 5.41) is 3.44. The summed E-state index contributed by atoms with van der Waals surface area (Å²) in [5.41, 5.74) is 5.00. The molecule has 0 bridgehead atoms. The van der Waals surface area contributed by atoms with Crippen LogP contribution in [0.3, 0.4) is 0 Å². The molecular weight excluding hydrogens is 529 g/mol. The predicted molar refractivity (Wildman–Crippen MR) is 149 cm³/mol. The molecule has 1 heterocycles. The maximum absolute atomic E-state index is 12.7. The lowest BCUT2D eigenvalue weighted by Gasteiger charge is -2.19. The fraction of sp³-hybridized carbons (Fsp3) is 0.107. The van der Waals surface area contributed by atoms with Gasteiger partial charge in [-0.1, -0.05) is 53.5 Å². The van der Waals surface area contributed by atoms with Gasteiger partial charge in [0.25, 0.3) is 15.9 Å². The van der Waals surface area contributed by atoms with Gasteiger partial charge in [0.1, 0.15) is 0 Å². The van der Waals surface area contributed by atoms with Gasteiger partial charge >= 0.3 is 0 Å². The molecule has 0 saturated heterocycles. The first-order chi connectivity index (χ1) is 17.8. The molecule has 1 amide bonds. The van der Waals surface area contributed by atoms with Crippen molar-refractivity contribution in [1.82, 2.24) is 0 Å². The topological polar surface area (TPSA) is 78.5 Å². The molecule has 4 aromatic carbocycles. The first-order valence-electron chi connectivity index (χ1n) is 11.6. The molecule has 0 aliphatic carbocycles. The molecule has 1 aliphatic heterocycles. The molecule has 4 aromatic rings. The minimum atomic E-state index is -3.86. The van der Waals surface area contributed by atoms with Gasteiger partial charge in [0.05, 0.1) is 10.6 Å². The average Bonchev–Trinajstić information content (AvgIpc) is 3.26. The largest absolute Gasteiger partial charge is 0.367 e. The van der Waals surface area contributed by atoms with E-state index >= 15 is 0 Å². The number of nitrogens with one attached hydrogen (secondary N) is 2. The van der Waals surface area contributed by atoms with E-state index in [1.807, 2.05) is 12.1 Å². The number of amides is 1. The fourth-order valence-electron chi connectivity index (χ4n) is 4.30. The highest BCUT2D eigenvalue weighted by molar-refractivity contribution is 7.92. The number of hydrogen-bond donors (Lipinski definition) is 2. The third-order valence-electron chi connectivity index (χ3n) is 6.11. The van der Waals surface area contributed by atoms with Crippen molar-refractivity contribution in [3.05, 3.63) is 118 Å².